The van der Waals surface area contributed by atoms with Gasteiger partial charge >= 0.3 is 11.9 Å². The molecule has 0 aromatic heterocycles. The molecule has 0 heterocycles. The highest BCUT2D eigenvalue weighted by atomic mass is 16.4. The van der Waals surface area contributed by atoms with Gasteiger partial charge in [0.1, 0.15) is 0 Å². The molecule has 0 rings (SSSR count). The van der Waals surface area contributed by atoms with Gasteiger partial charge in [0.15, 0.2) is 0 Å². The highest BCUT2D eigenvalue weighted by molar-refractivity contribution is 5.74. The van der Waals surface area contributed by atoms with Crippen molar-refractivity contribution in [1.82, 2.24) is 4.90 Å². The van der Waals surface area contributed by atoms with Crippen molar-refractivity contribution < 1.29 is 24.9 Å². The minimum absolute atomic E-state index is 0.000231. The van der Waals surface area contributed by atoms with Gasteiger partial charge in [0.2, 0.25) is 6.23 Å². The standard InChI is InChI=1S/C7H11NO5/c1-2-3-8(4-5(9)10)6(11)7(12)13/h2,6,11H,1,3-4H2,(H,9,10)(H,12,13). The average Bonchev–Trinajstić information content (AvgIpc) is 2.01. The molecule has 3 N–H and O–H groups in total. The smallest absolute Gasteiger partial charge is 0.348 e. The number of carboxylic acids is 2. The van der Waals surface area contributed by atoms with Crippen LogP contribution in [0.3, 0.4) is 0 Å². The number of aliphatic hydroxyl groups excluding tert-OH is 1. The fourth-order valence-corrected chi connectivity index (χ4v) is 0.747. The lowest BCUT2D eigenvalue weighted by Crippen LogP contribution is -2.43. The Labute approximate surface area is 74.7 Å². The fraction of sp³-hybridized carbons (Fsp3) is 0.429. The zero-order valence-electron chi connectivity index (χ0n) is 6.88. The first-order valence-corrected chi connectivity index (χ1v) is 3.46. The van der Waals surface area contributed by atoms with Crippen LogP contribution in [0.2, 0.25) is 0 Å². The Morgan fingerprint density at radius 2 is 2.00 bits per heavy atom. The van der Waals surface area contributed by atoms with Gasteiger partial charge in [-0.05, 0) is 0 Å². The lowest BCUT2D eigenvalue weighted by Gasteiger charge is -2.20. The molecule has 1 atom stereocenters. The monoisotopic (exact) mass is 189 g/mol. The van der Waals surface area contributed by atoms with Gasteiger partial charge in [0, 0.05) is 6.54 Å². The maximum absolute atomic E-state index is 10.3. The average molecular weight is 189 g/mol. The van der Waals surface area contributed by atoms with E-state index in [1.165, 1.54) is 6.08 Å². The molecule has 0 saturated heterocycles. The van der Waals surface area contributed by atoms with E-state index in [0.717, 1.165) is 4.90 Å². The van der Waals surface area contributed by atoms with Gasteiger partial charge in [0.05, 0.1) is 6.54 Å². The van der Waals surface area contributed by atoms with Crippen LogP contribution in [0.15, 0.2) is 12.7 Å². The van der Waals surface area contributed by atoms with Gasteiger partial charge in [0.25, 0.3) is 0 Å². The molecular weight excluding hydrogens is 178 g/mol. The minimum Gasteiger partial charge on any atom is -0.480 e. The van der Waals surface area contributed by atoms with Crippen molar-refractivity contribution in [1.29, 1.82) is 0 Å². The number of aliphatic hydroxyl groups is 1. The van der Waals surface area contributed by atoms with Crippen LogP contribution in [0.4, 0.5) is 0 Å². The van der Waals surface area contributed by atoms with Gasteiger partial charge in [-0.3, -0.25) is 9.69 Å². The third-order valence-electron chi connectivity index (χ3n) is 1.27. The molecule has 13 heavy (non-hydrogen) atoms. The quantitative estimate of drug-likeness (QED) is 0.365. The second kappa shape index (κ2) is 5.28. The van der Waals surface area contributed by atoms with Gasteiger partial charge < -0.3 is 15.3 Å². The minimum atomic E-state index is -1.81. The topological polar surface area (TPSA) is 98.1 Å². The number of aliphatic carboxylic acids is 2. The van der Waals surface area contributed by atoms with Crippen LogP contribution in [0.5, 0.6) is 0 Å². The van der Waals surface area contributed by atoms with Crippen molar-refractivity contribution in [2.75, 3.05) is 13.1 Å². The molecule has 0 aliphatic heterocycles. The van der Waals surface area contributed by atoms with Gasteiger partial charge in [-0.15, -0.1) is 6.58 Å². The van der Waals surface area contributed by atoms with E-state index in [-0.39, 0.29) is 6.54 Å². The zero-order chi connectivity index (χ0) is 10.4. The molecule has 0 bridgehead atoms. The number of carbonyl (C=O) groups is 2. The number of rotatable bonds is 6. The SMILES string of the molecule is C=CCN(CC(=O)O)C(O)C(=O)O. The van der Waals surface area contributed by atoms with Crippen LogP contribution in [-0.4, -0.2) is 51.5 Å². The molecule has 0 aromatic rings. The molecule has 0 fully saturated rings. The Morgan fingerprint density at radius 3 is 2.31 bits per heavy atom. The first kappa shape index (κ1) is 11.6. The fourth-order valence-electron chi connectivity index (χ4n) is 0.747. The lowest BCUT2D eigenvalue weighted by atomic mass is 10.4. The molecule has 0 saturated carbocycles. The summed E-state index contributed by atoms with van der Waals surface area (Å²) in [6.45, 7) is 2.77. The largest absolute Gasteiger partial charge is 0.480 e. The maximum Gasteiger partial charge on any atom is 0.348 e. The predicted octanol–water partition coefficient (Wildman–Crippen LogP) is -1.04. The second-order valence-electron chi connectivity index (χ2n) is 2.32. The number of carboxylic acid groups (broad SMARTS) is 2. The van der Waals surface area contributed by atoms with E-state index in [4.69, 9.17) is 15.3 Å². The van der Waals surface area contributed by atoms with E-state index in [2.05, 4.69) is 6.58 Å². The Hall–Kier alpha value is -1.40. The highest BCUT2D eigenvalue weighted by Crippen LogP contribution is 1.96. The first-order valence-electron chi connectivity index (χ1n) is 3.46. The normalized spacial score (nSPS) is 12.5. The Morgan fingerprint density at radius 1 is 1.46 bits per heavy atom. The molecule has 1 unspecified atom stereocenters. The van der Waals surface area contributed by atoms with E-state index in [1.807, 2.05) is 0 Å². The summed E-state index contributed by atoms with van der Waals surface area (Å²) in [5, 5.41) is 25.7. The van der Waals surface area contributed by atoms with Gasteiger partial charge in [-0.1, -0.05) is 6.08 Å². The maximum atomic E-state index is 10.3. The van der Waals surface area contributed by atoms with Crippen LogP contribution < -0.4 is 0 Å². The predicted molar refractivity (Wildman–Crippen MR) is 43.0 cm³/mol. The van der Waals surface area contributed by atoms with E-state index in [9.17, 15) is 9.59 Å². The Bertz CT molecular complexity index is 215. The molecule has 6 nitrogen and oxygen atoms in total. The van der Waals surface area contributed by atoms with Crippen LogP contribution in [0.25, 0.3) is 0 Å². The van der Waals surface area contributed by atoms with Gasteiger partial charge in [-0.2, -0.15) is 0 Å². The molecule has 0 spiro atoms. The van der Waals surface area contributed by atoms with Crippen molar-refractivity contribution in [3.63, 3.8) is 0 Å². The Balaban J connectivity index is 4.30. The van der Waals surface area contributed by atoms with Crippen molar-refractivity contribution in [2.45, 2.75) is 6.23 Å². The third-order valence-corrected chi connectivity index (χ3v) is 1.27. The van der Waals surface area contributed by atoms with Crippen molar-refractivity contribution in [2.24, 2.45) is 0 Å². The van der Waals surface area contributed by atoms with Crippen LogP contribution in [0, 0.1) is 0 Å². The summed E-state index contributed by atoms with van der Waals surface area (Å²) >= 11 is 0. The van der Waals surface area contributed by atoms with E-state index < -0.39 is 24.7 Å². The van der Waals surface area contributed by atoms with E-state index in [1.54, 1.807) is 0 Å². The summed E-state index contributed by atoms with van der Waals surface area (Å²) in [6, 6.07) is 0. The van der Waals surface area contributed by atoms with E-state index in [0.29, 0.717) is 0 Å². The highest BCUT2D eigenvalue weighted by Gasteiger charge is 2.23. The summed E-state index contributed by atoms with van der Waals surface area (Å²) < 4.78 is 0. The van der Waals surface area contributed by atoms with Crippen LogP contribution in [0.1, 0.15) is 0 Å². The molecule has 74 valence electrons. The summed E-state index contributed by atoms with van der Waals surface area (Å²) in [7, 11) is 0. The summed E-state index contributed by atoms with van der Waals surface area (Å²) in [4.78, 5) is 21.4. The second-order valence-corrected chi connectivity index (χ2v) is 2.32. The van der Waals surface area contributed by atoms with E-state index >= 15 is 0 Å². The molecule has 0 aromatic carbocycles. The molecule has 0 aliphatic carbocycles. The number of hydrogen-bond acceptors (Lipinski definition) is 4. The molecule has 0 radical (unpaired) electrons. The first-order chi connectivity index (χ1) is 5.99. The summed E-state index contributed by atoms with van der Waals surface area (Å²) in [5.74, 6) is -2.69. The zero-order valence-corrected chi connectivity index (χ0v) is 6.88. The van der Waals surface area contributed by atoms with Crippen LogP contribution >= 0.6 is 0 Å². The van der Waals surface area contributed by atoms with Crippen molar-refractivity contribution in [3.05, 3.63) is 12.7 Å². The number of nitrogens with zero attached hydrogens (tertiary/aromatic N) is 1. The summed E-state index contributed by atoms with van der Waals surface area (Å²) in [6.07, 6.45) is -0.496. The molecule has 6 heteroatoms. The van der Waals surface area contributed by atoms with Gasteiger partial charge in [-0.25, -0.2) is 4.79 Å². The van der Waals surface area contributed by atoms with Crippen molar-refractivity contribution in [3.8, 4) is 0 Å². The summed E-state index contributed by atoms with van der Waals surface area (Å²) in [5.41, 5.74) is 0. The third kappa shape index (κ3) is 4.24. The number of hydrogen-bond donors (Lipinski definition) is 3. The van der Waals surface area contributed by atoms with Crippen molar-refractivity contribution >= 4 is 11.9 Å². The molecule has 0 amide bonds. The van der Waals surface area contributed by atoms with Crippen LogP contribution in [-0.2, 0) is 9.59 Å². The lowest BCUT2D eigenvalue weighted by molar-refractivity contribution is -0.159. The Kier molecular flexibility index (Phi) is 4.71. The molecular formula is C7H11NO5. The molecule has 0 aliphatic rings.